The summed E-state index contributed by atoms with van der Waals surface area (Å²) in [7, 11) is -4.43. The summed E-state index contributed by atoms with van der Waals surface area (Å²) in [5.74, 6) is 0.403. The Balaban J connectivity index is 1.47. The Labute approximate surface area is 188 Å². The van der Waals surface area contributed by atoms with Crippen molar-refractivity contribution in [1.29, 1.82) is 0 Å². The van der Waals surface area contributed by atoms with E-state index in [1.54, 1.807) is 17.4 Å². The number of furan rings is 1. The Morgan fingerprint density at radius 1 is 1.06 bits per heavy atom. The number of fused-ring (bicyclic) bond motifs is 1. The topological polar surface area (TPSA) is 116 Å². The number of aliphatic hydroxyl groups is 1. The third-order valence-corrected chi connectivity index (χ3v) is 7.58. The molecule has 2 atom stereocenters. The van der Waals surface area contributed by atoms with Gasteiger partial charge >= 0.3 is 7.60 Å². The number of nitrogens with zero attached hydrogens (tertiary/aromatic N) is 1. The molecule has 4 N–H and O–H groups in total. The van der Waals surface area contributed by atoms with Crippen LogP contribution in [0.15, 0.2) is 59.0 Å². The number of hydrogen-bond donors (Lipinski definition) is 4. The molecule has 0 amide bonds. The van der Waals surface area contributed by atoms with Gasteiger partial charge in [0, 0.05) is 17.2 Å². The maximum atomic E-state index is 11.5. The van der Waals surface area contributed by atoms with Gasteiger partial charge in [0.1, 0.15) is 5.76 Å². The second-order valence-corrected chi connectivity index (χ2v) is 10.6. The first-order valence-corrected chi connectivity index (χ1v) is 12.9. The van der Waals surface area contributed by atoms with Gasteiger partial charge in [0.15, 0.2) is 5.13 Å². The number of nitrogens with one attached hydrogen (secondary N) is 1. The smallest absolute Gasteiger partial charge is 0.391 e. The molecule has 1 aliphatic carbocycles. The molecular weight excluding hydrogens is 447 g/mol. The fourth-order valence-electron chi connectivity index (χ4n) is 4.19. The average Bonchev–Trinajstić information content (AvgIpc) is 3.41. The lowest BCUT2D eigenvalue weighted by Crippen LogP contribution is -2.29. The van der Waals surface area contributed by atoms with Crippen LogP contribution in [0.25, 0.3) is 32.7 Å². The molecule has 2 aromatic heterocycles. The number of thiazole rings is 1. The van der Waals surface area contributed by atoms with Crippen molar-refractivity contribution in [2.45, 2.75) is 37.8 Å². The van der Waals surface area contributed by atoms with Gasteiger partial charge in [0.2, 0.25) is 5.50 Å². The van der Waals surface area contributed by atoms with Gasteiger partial charge in [-0.1, -0.05) is 41.7 Å². The number of hydrogen-bond acceptors (Lipinski definition) is 6. The van der Waals surface area contributed by atoms with Crippen molar-refractivity contribution >= 4 is 39.8 Å². The van der Waals surface area contributed by atoms with Crippen molar-refractivity contribution in [2.75, 3.05) is 5.32 Å². The average molecular weight is 470 g/mol. The molecular formula is C23H23N2O5PS. The summed E-state index contributed by atoms with van der Waals surface area (Å²) in [5.41, 5.74) is 3.29. The molecule has 7 nitrogen and oxygen atoms in total. The molecule has 9 heteroatoms. The first-order chi connectivity index (χ1) is 15.4. The molecule has 1 saturated carbocycles. The van der Waals surface area contributed by atoms with E-state index in [1.165, 1.54) is 6.07 Å². The van der Waals surface area contributed by atoms with Crippen LogP contribution in [0.1, 0.15) is 25.7 Å². The van der Waals surface area contributed by atoms with Crippen molar-refractivity contribution in [3.05, 3.63) is 54.6 Å². The van der Waals surface area contributed by atoms with Crippen LogP contribution < -0.4 is 10.8 Å². The highest BCUT2D eigenvalue weighted by atomic mass is 32.1. The summed E-state index contributed by atoms with van der Waals surface area (Å²) < 4.78 is 17.9. The molecule has 32 heavy (non-hydrogen) atoms. The normalized spacial score (nSPS) is 19.3. The minimum Gasteiger partial charge on any atom is -0.448 e. The maximum absolute atomic E-state index is 11.5. The summed E-state index contributed by atoms with van der Waals surface area (Å²) in [5, 5.41) is 14.3. The van der Waals surface area contributed by atoms with Gasteiger partial charge in [0.05, 0.1) is 16.3 Å². The van der Waals surface area contributed by atoms with Crippen LogP contribution in [0.5, 0.6) is 0 Å². The van der Waals surface area contributed by atoms with Gasteiger partial charge in [-0.2, -0.15) is 0 Å². The first kappa shape index (κ1) is 21.4. The minimum atomic E-state index is -4.43. The highest BCUT2D eigenvalue weighted by Crippen LogP contribution is 2.39. The molecule has 2 aromatic carbocycles. The van der Waals surface area contributed by atoms with E-state index < -0.39 is 7.60 Å². The number of aromatic nitrogens is 1. The Bertz CT molecular complexity index is 1310. The second-order valence-electron chi connectivity index (χ2n) is 8.10. The molecule has 5 rings (SSSR count). The summed E-state index contributed by atoms with van der Waals surface area (Å²) in [4.78, 5) is 23.4. The van der Waals surface area contributed by atoms with Crippen LogP contribution in [0.3, 0.4) is 0 Å². The molecule has 0 saturated heterocycles. The molecule has 1 fully saturated rings. The van der Waals surface area contributed by atoms with Gasteiger partial charge < -0.3 is 24.6 Å². The number of anilines is 1. The highest BCUT2D eigenvalue weighted by molar-refractivity contribution is 7.59. The predicted octanol–water partition coefficient (Wildman–Crippen LogP) is 4.74. The van der Waals surface area contributed by atoms with Crippen LogP contribution in [-0.2, 0) is 4.57 Å². The van der Waals surface area contributed by atoms with E-state index in [-0.39, 0.29) is 17.6 Å². The van der Waals surface area contributed by atoms with E-state index in [4.69, 9.17) is 9.40 Å². The monoisotopic (exact) mass is 470 g/mol. The number of benzene rings is 2. The van der Waals surface area contributed by atoms with Crippen molar-refractivity contribution in [3.63, 3.8) is 0 Å². The van der Waals surface area contributed by atoms with Gasteiger partial charge in [-0.3, -0.25) is 4.57 Å². The molecule has 4 aromatic rings. The van der Waals surface area contributed by atoms with Crippen molar-refractivity contribution in [2.24, 2.45) is 0 Å². The van der Waals surface area contributed by atoms with Crippen LogP contribution in [-0.4, -0.2) is 32.0 Å². The lowest BCUT2D eigenvalue weighted by Gasteiger charge is -2.26. The SMILES string of the molecule is O=P(O)(O)c1ccc(-c2cccc(-c3cccc4nc(NC5CCCC(O)C5)sc34)c2)o1. The van der Waals surface area contributed by atoms with E-state index in [9.17, 15) is 19.5 Å². The zero-order chi connectivity index (χ0) is 22.3. The fraction of sp³-hybridized carbons (Fsp3) is 0.261. The van der Waals surface area contributed by atoms with E-state index in [0.29, 0.717) is 5.76 Å². The van der Waals surface area contributed by atoms with Crippen molar-refractivity contribution in [3.8, 4) is 22.5 Å². The second kappa shape index (κ2) is 8.46. The molecule has 0 radical (unpaired) electrons. The van der Waals surface area contributed by atoms with E-state index in [2.05, 4.69) is 5.32 Å². The van der Waals surface area contributed by atoms with Crippen molar-refractivity contribution in [1.82, 2.24) is 4.98 Å². The van der Waals surface area contributed by atoms with Gasteiger partial charge in [-0.15, -0.1) is 0 Å². The van der Waals surface area contributed by atoms with Gasteiger partial charge in [-0.05, 0) is 55.5 Å². The zero-order valence-corrected chi connectivity index (χ0v) is 18.9. The fourth-order valence-corrected chi connectivity index (χ4v) is 5.75. The molecule has 166 valence electrons. The maximum Gasteiger partial charge on any atom is 0.391 e. The highest BCUT2D eigenvalue weighted by Gasteiger charge is 2.23. The van der Waals surface area contributed by atoms with Crippen LogP contribution in [0.4, 0.5) is 5.13 Å². The predicted molar refractivity (Wildman–Crippen MR) is 126 cm³/mol. The third-order valence-electron chi connectivity index (χ3n) is 5.73. The quantitative estimate of drug-likeness (QED) is 0.311. The summed E-state index contributed by atoms with van der Waals surface area (Å²) >= 11 is 1.59. The van der Waals surface area contributed by atoms with Gasteiger partial charge in [0.25, 0.3) is 0 Å². The van der Waals surface area contributed by atoms with E-state index >= 15 is 0 Å². The molecule has 0 bridgehead atoms. The lowest BCUT2D eigenvalue weighted by atomic mass is 9.93. The molecule has 0 aliphatic heterocycles. The van der Waals surface area contributed by atoms with Crippen LogP contribution in [0, 0.1) is 0 Å². The van der Waals surface area contributed by atoms with E-state index in [0.717, 1.165) is 57.7 Å². The Hall–Kier alpha value is -2.48. The molecule has 2 unspecified atom stereocenters. The summed E-state index contributed by atoms with van der Waals surface area (Å²) in [6.45, 7) is 0. The molecule has 2 heterocycles. The standard InChI is InChI=1S/C23H23N2O5PS/c26-17-7-2-6-16(13-17)24-23-25-19-9-3-8-18(22(19)32-23)14-4-1-5-15(12-14)20-10-11-21(30-20)31(27,28)29/h1,3-5,8-12,16-17,26H,2,6-7,13H2,(H,24,25)(H2,27,28,29). The van der Waals surface area contributed by atoms with Crippen LogP contribution >= 0.6 is 18.9 Å². The third kappa shape index (κ3) is 4.37. The summed E-state index contributed by atoms with van der Waals surface area (Å²) in [6, 6.07) is 16.8. The Morgan fingerprint density at radius 3 is 2.66 bits per heavy atom. The summed E-state index contributed by atoms with van der Waals surface area (Å²) in [6.07, 6.45) is 3.40. The first-order valence-electron chi connectivity index (χ1n) is 10.5. The van der Waals surface area contributed by atoms with E-state index in [1.807, 2.05) is 42.5 Å². The Kier molecular flexibility index (Phi) is 5.65. The lowest BCUT2D eigenvalue weighted by molar-refractivity contribution is 0.124. The minimum absolute atomic E-state index is 0.230. The molecule has 1 aliphatic rings. The number of rotatable bonds is 5. The largest absolute Gasteiger partial charge is 0.448 e. The van der Waals surface area contributed by atoms with Gasteiger partial charge in [-0.25, -0.2) is 4.98 Å². The molecule has 0 spiro atoms. The zero-order valence-electron chi connectivity index (χ0n) is 17.1. The number of aliphatic hydroxyl groups excluding tert-OH is 1. The van der Waals surface area contributed by atoms with Crippen molar-refractivity contribution < 1.29 is 23.9 Å². The Morgan fingerprint density at radius 2 is 1.88 bits per heavy atom. The van der Waals surface area contributed by atoms with Crippen LogP contribution in [0.2, 0.25) is 0 Å².